The van der Waals surface area contributed by atoms with Gasteiger partial charge in [-0.1, -0.05) is 42.4 Å². The minimum absolute atomic E-state index is 0.0996. The Labute approximate surface area is 235 Å². The van der Waals surface area contributed by atoms with Gasteiger partial charge >= 0.3 is 0 Å². The lowest BCUT2D eigenvalue weighted by Gasteiger charge is -2.42. The van der Waals surface area contributed by atoms with Crippen LogP contribution in [-0.2, 0) is 14.3 Å². The summed E-state index contributed by atoms with van der Waals surface area (Å²) in [5.41, 5.74) is 7.51. The van der Waals surface area contributed by atoms with Crippen molar-refractivity contribution in [2.24, 2.45) is 5.92 Å². The van der Waals surface area contributed by atoms with Crippen LogP contribution in [0, 0.1) is 17.2 Å². The average molecular weight is 560 g/mol. The Bertz CT molecular complexity index is 1580. The van der Waals surface area contributed by atoms with Gasteiger partial charge < -0.3 is 30.0 Å². The van der Waals surface area contributed by atoms with Gasteiger partial charge in [-0.05, 0) is 25.1 Å². The van der Waals surface area contributed by atoms with Crippen molar-refractivity contribution in [3.8, 4) is 11.9 Å². The molecule has 2 aromatic carbocycles. The Kier molecular flexibility index (Phi) is 6.07. The number of amides is 1. The van der Waals surface area contributed by atoms with E-state index in [1.807, 2.05) is 0 Å². The molecule has 10 nitrogen and oxygen atoms in total. The van der Waals surface area contributed by atoms with Crippen LogP contribution in [0.2, 0.25) is 5.02 Å². The maximum Gasteiger partial charge on any atom is 0.242 e. The minimum atomic E-state index is -1.63. The molecule has 4 heterocycles. The largest absolute Gasteiger partial charge is 0.508 e. The molecule has 3 aliphatic heterocycles. The zero-order valence-corrected chi connectivity index (χ0v) is 22.3. The summed E-state index contributed by atoms with van der Waals surface area (Å²) >= 11 is 5.93. The summed E-state index contributed by atoms with van der Waals surface area (Å²) in [6.07, 6.45) is 1.07. The van der Waals surface area contributed by atoms with Gasteiger partial charge in [0.1, 0.15) is 23.2 Å². The number of nitriles is 1. The van der Waals surface area contributed by atoms with Crippen molar-refractivity contribution in [2.45, 2.75) is 48.8 Å². The topological polar surface area (TPSA) is 141 Å². The monoisotopic (exact) mass is 559 g/mol. The van der Waals surface area contributed by atoms with E-state index in [9.17, 15) is 20.7 Å². The summed E-state index contributed by atoms with van der Waals surface area (Å²) in [5.74, 6) is -1.15. The van der Waals surface area contributed by atoms with Crippen LogP contribution in [0.3, 0.4) is 0 Å². The first kappa shape index (κ1) is 26.2. The molecule has 3 aromatic rings. The number of rotatable bonds is 8. The van der Waals surface area contributed by atoms with Crippen LogP contribution in [0.15, 0.2) is 67.6 Å². The number of carbonyl (C=O) groups excluding carboxylic acids is 1. The lowest BCUT2D eigenvalue weighted by molar-refractivity contribution is -0.609. The number of nitrogens with one attached hydrogen (secondary N) is 1. The first-order valence-electron chi connectivity index (χ1n) is 12.8. The molecule has 3 aliphatic rings. The van der Waals surface area contributed by atoms with E-state index in [1.54, 1.807) is 55.5 Å². The lowest BCUT2D eigenvalue weighted by atomic mass is 9.61. The Morgan fingerprint density at radius 3 is 2.77 bits per heavy atom. The molecule has 40 heavy (non-hydrogen) atoms. The number of ether oxygens (including phenoxy) is 3. The quantitative estimate of drug-likeness (QED) is 0.319. The molecule has 1 amide bonds. The molecule has 0 aliphatic carbocycles. The lowest BCUT2D eigenvalue weighted by Crippen LogP contribution is -2.94. The molecule has 6 rings (SSSR count). The second-order valence-corrected chi connectivity index (χ2v) is 10.9. The van der Waals surface area contributed by atoms with E-state index >= 15 is 0 Å². The smallest absolute Gasteiger partial charge is 0.242 e. The van der Waals surface area contributed by atoms with Crippen LogP contribution in [0.25, 0.3) is 16.3 Å². The maximum atomic E-state index is 14.3. The number of pyridine rings is 1. The molecule has 204 valence electrons. The van der Waals surface area contributed by atoms with Gasteiger partial charge in [0.05, 0.1) is 35.2 Å². The van der Waals surface area contributed by atoms with Crippen LogP contribution in [-0.4, -0.2) is 51.7 Å². The van der Waals surface area contributed by atoms with Gasteiger partial charge in [-0.3, -0.25) is 9.69 Å². The molecule has 2 N–H and O–H groups in total. The fraction of sp³-hybridized carbons (Fsp3) is 0.345. The third-order valence-corrected chi connectivity index (χ3v) is 8.89. The van der Waals surface area contributed by atoms with Crippen LogP contribution in [0.5, 0.6) is 5.88 Å². The molecule has 3 fully saturated rings. The van der Waals surface area contributed by atoms with Gasteiger partial charge in [-0.15, -0.1) is 0 Å². The number of aliphatic hydroxyl groups is 1. The molecule has 0 saturated carbocycles. The van der Waals surface area contributed by atoms with E-state index < -0.39 is 40.9 Å². The highest BCUT2D eigenvalue weighted by molar-refractivity contribution is 6.30. The predicted octanol–water partition coefficient (Wildman–Crippen LogP) is 2.81. The third-order valence-electron chi connectivity index (χ3n) is 8.67. The number of hydrogen-bond acceptors (Lipinski definition) is 7. The molecular formula is C29H26ClN5O5. The highest BCUT2D eigenvalue weighted by Gasteiger charge is 2.88. The molecule has 1 aromatic heterocycles. The van der Waals surface area contributed by atoms with Crippen molar-refractivity contribution in [1.82, 2.24) is 4.98 Å². The predicted molar refractivity (Wildman–Crippen MR) is 144 cm³/mol. The van der Waals surface area contributed by atoms with E-state index in [0.717, 1.165) is 0 Å². The molecule has 0 radical (unpaired) electrons. The Balaban J connectivity index is 1.44. The van der Waals surface area contributed by atoms with E-state index in [0.29, 0.717) is 32.9 Å². The van der Waals surface area contributed by atoms with Crippen LogP contribution >= 0.6 is 11.6 Å². The summed E-state index contributed by atoms with van der Waals surface area (Å²) in [5, 5.41) is 25.7. The number of anilines is 1. The van der Waals surface area contributed by atoms with E-state index in [4.69, 9.17) is 25.8 Å². The minimum Gasteiger partial charge on any atom is -0.508 e. The van der Waals surface area contributed by atoms with E-state index in [-0.39, 0.29) is 19.4 Å². The highest BCUT2D eigenvalue weighted by atomic mass is 35.5. The summed E-state index contributed by atoms with van der Waals surface area (Å²) < 4.78 is 18.3. The Morgan fingerprint density at radius 1 is 1.32 bits per heavy atom. The van der Waals surface area contributed by atoms with Crippen molar-refractivity contribution >= 4 is 34.0 Å². The first-order valence-corrected chi connectivity index (χ1v) is 13.2. The van der Waals surface area contributed by atoms with Crippen molar-refractivity contribution in [2.75, 3.05) is 11.5 Å². The third kappa shape index (κ3) is 3.35. The van der Waals surface area contributed by atoms with Crippen molar-refractivity contribution in [3.05, 3.63) is 83.7 Å². The van der Waals surface area contributed by atoms with E-state index in [1.165, 1.54) is 17.4 Å². The molecule has 4 unspecified atom stereocenters. The number of nitrogens with zero attached hydrogens (tertiary/aromatic N) is 4. The van der Waals surface area contributed by atoms with Crippen LogP contribution < -0.4 is 14.8 Å². The van der Waals surface area contributed by atoms with Gasteiger partial charge in [-0.25, -0.2) is 4.98 Å². The second-order valence-electron chi connectivity index (χ2n) is 10.5. The number of aromatic nitrogens is 1. The maximum absolute atomic E-state index is 14.3. The standard InChI is InChI=1S/C29H26ClN5O5/c1-3-38-22-14-28(12-13-39-23-11-9-18(30)16-33-23)29(34-32)24(27(22,2)40-28)25(36)35(26(29)37)21-10-8-17(15-31)19-6-4-5-7-20(19)21/h3-11,16,22,24,26,34,37H,1,12-14H2,2H3/t22-,24?,26?,27?,28?,29-/m0/s1. The van der Waals surface area contributed by atoms with Crippen molar-refractivity contribution in [1.29, 1.82) is 5.26 Å². The number of carbonyl (C=O) groups is 1. The SMILES string of the molecule is C=CO[C@H]1CC2(CCOc3ccc(Cl)cn3)OC1(C)C1C(=O)N(c3ccc(C#N)c4ccccc34)C(O)[C@@]12[NH+]=[N-]. The van der Waals surface area contributed by atoms with Crippen molar-refractivity contribution in [3.63, 3.8) is 0 Å². The van der Waals surface area contributed by atoms with Crippen molar-refractivity contribution < 1.29 is 29.2 Å². The van der Waals surface area contributed by atoms with E-state index in [2.05, 4.69) is 22.7 Å². The van der Waals surface area contributed by atoms with Gasteiger partial charge in [0.15, 0.2) is 0 Å². The fourth-order valence-corrected chi connectivity index (χ4v) is 7.14. The molecule has 11 heteroatoms. The Morgan fingerprint density at radius 2 is 2.10 bits per heavy atom. The average Bonchev–Trinajstić information content (AvgIpc) is 3.47. The summed E-state index contributed by atoms with van der Waals surface area (Å²) in [7, 11) is 0. The number of halogens is 1. The zero-order valence-electron chi connectivity index (χ0n) is 21.6. The zero-order chi connectivity index (χ0) is 28.3. The van der Waals surface area contributed by atoms with Gasteiger partial charge in [0.2, 0.25) is 23.6 Å². The van der Waals surface area contributed by atoms with Gasteiger partial charge in [0, 0.05) is 35.9 Å². The number of hydrogen-bond donors (Lipinski definition) is 2. The summed E-state index contributed by atoms with van der Waals surface area (Å²) in [6, 6.07) is 15.9. The van der Waals surface area contributed by atoms with Gasteiger partial charge in [-0.2, -0.15) is 5.26 Å². The fourth-order valence-electron chi connectivity index (χ4n) is 7.02. The summed E-state index contributed by atoms with van der Waals surface area (Å²) in [4.78, 5) is 19.7. The highest BCUT2D eigenvalue weighted by Crippen LogP contribution is 2.64. The van der Waals surface area contributed by atoms with Crippen LogP contribution in [0.1, 0.15) is 25.3 Å². The molecule has 0 spiro atoms. The normalized spacial score (nSPS) is 32.1. The Hall–Kier alpha value is -4.04. The van der Waals surface area contributed by atoms with Crippen LogP contribution in [0.4, 0.5) is 5.69 Å². The molecule has 2 bridgehead atoms. The number of benzene rings is 2. The molecular weight excluding hydrogens is 534 g/mol. The molecule has 3 saturated heterocycles. The van der Waals surface area contributed by atoms with Gasteiger partial charge in [0.25, 0.3) is 0 Å². The summed E-state index contributed by atoms with van der Waals surface area (Å²) in [6.45, 7) is 5.53. The molecule has 6 atom stereocenters. The second kappa shape index (κ2) is 9.27. The number of aliphatic hydroxyl groups excluding tert-OH is 1. The number of fused-ring (bicyclic) bond motifs is 6. The first-order chi connectivity index (χ1) is 19.3.